The Morgan fingerprint density at radius 3 is 2.85 bits per heavy atom. The van der Waals surface area contributed by atoms with Crippen LogP contribution >= 0.6 is 0 Å². The molecule has 148 valence electrons. The zero-order valence-electron chi connectivity index (χ0n) is 15.9. The highest BCUT2D eigenvalue weighted by atomic mass is 16.5. The molecule has 7 nitrogen and oxygen atoms in total. The van der Waals surface area contributed by atoms with Gasteiger partial charge in [-0.1, -0.05) is 19.4 Å². The predicted molar refractivity (Wildman–Crippen MR) is 105 cm³/mol. The highest BCUT2D eigenvalue weighted by Crippen LogP contribution is 2.27. The van der Waals surface area contributed by atoms with Crippen molar-refractivity contribution in [1.29, 1.82) is 0 Å². The number of unbranched alkanes of at least 4 members (excludes halogenated alkanes) is 1. The van der Waals surface area contributed by atoms with Crippen molar-refractivity contribution in [3.05, 3.63) is 42.5 Å². The molecule has 0 aromatic heterocycles. The van der Waals surface area contributed by atoms with Crippen molar-refractivity contribution in [2.75, 3.05) is 26.4 Å². The fourth-order valence-electron chi connectivity index (χ4n) is 2.62. The van der Waals surface area contributed by atoms with Gasteiger partial charge in [-0.05, 0) is 30.7 Å². The van der Waals surface area contributed by atoms with Gasteiger partial charge >= 0.3 is 0 Å². The van der Waals surface area contributed by atoms with Gasteiger partial charge in [0.2, 0.25) is 5.90 Å². The first kappa shape index (κ1) is 20.9. The van der Waals surface area contributed by atoms with Crippen LogP contribution in [0, 0.1) is 0 Å². The summed E-state index contributed by atoms with van der Waals surface area (Å²) >= 11 is 0. The standard InChI is InChI=1S/C20H29N3O4/c1-3-5-12-21-23-19(25)20(11-4-2)15-27-18(22-20)16-7-9-17(10-8-16)26-14-6-13-24/h4,7-10,21,24H,2-3,5-6,11-15H2,1H3,(H,23,25)/t20-/m0/s1. The molecule has 7 heteroatoms. The molecule has 0 fully saturated rings. The van der Waals surface area contributed by atoms with Gasteiger partial charge in [0, 0.05) is 31.6 Å². The number of benzene rings is 1. The van der Waals surface area contributed by atoms with E-state index in [4.69, 9.17) is 14.6 Å². The first-order valence-corrected chi connectivity index (χ1v) is 9.36. The first-order chi connectivity index (χ1) is 13.1. The lowest BCUT2D eigenvalue weighted by Gasteiger charge is -2.21. The summed E-state index contributed by atoms with van der Waals surface area (Å²) in [6, 6.07) is 7.32. The van der Waals surface area contributed by atoms with Gasteiger partial charge in [0.05, 0.1) is 6.61 Å². The van der Waals surface area contributed by atoms with Crippen LogP contribution in [0.1, 0.15) is 38.2 Å². The maximum Gasteiger partial charge on any atom is 0.266 e. The zero-order valence-corrected chi connectivity index (χ0v) is 15.9. The number of nitrogens with one attached hydrogen (secondary N) is 2. The summed E-state index contributed by atoms with van der Waals surface area (Å²) in [6.45, 7) is 7.28. The molecule has 0 saturated carbocycles. The number of aliphatic hydroxyl groups excluding tert-OH is 1. The Bertz CT molecular complexity index is 645. The van der Waals surface area contributed by atoms with E-state index in [0.29, 0.717) is 37.6 Å². The number of hydrogen-bond donors (Lipinski definition) is 3. The Morgan fingerprint density at radius 1 is 1.41 bits per heavy atom. The molecule has 2 rings (SSSR count). The lowest BCUT2D eigenvalue weighted by atomic mass is 9.97. The molecule has 1 aliphatic heterocycles. The van der Waals surface area contributed by atoms with E-state index in [9.17, 15) is 4.79 Å². The molecule has 0 bridgehead atoms. The van der Waals surface area contributed by atoms with E-state index < -0.39 is 5.54 Å². The lowest BCUT2D eigenvalue weighted by Crippen LogP contribution is -2.51. The monoisotopic (exact) mass is 375 g/mol. The minimum atomic E-state index is -1.01. The Hall–Kier alpha value is -2.38. The average molecular weight is 375 g/mol. The van der Waals surface area contributed by atoms with Gasteiger partial charge in [0.1, 0.15) is 12.4 Å². The Kier molecular flexibility index (Phi) is 8.29. The first-order valence-electron chi connectivity index (χ1n) is 9.36. The fourth-order valence-corrected chi connectivity index (χ4v) is 2.62. The molecule has 3 N–H and O–H groups in total. The smallest absolute Gasteiger partial charge is 0.266 e. The molecule has 0 aliphatic carbocycles. The van der Waals surface area contributed by atoms with E-state index in [-0.39, 0.29) is 19.1 Å². The van der Waals surface area contributed by atoms with Gasteiger partial charge in [0.15, 0.2) is 5.54 Å². The van der Waals surface area contributed by atoms with Crippen LogP contribution in [0.3, 0.4) is 0 Å². The van der Waals surface area contributed by atoms with Crippen LogP contribution < -0.4 is 15.6 Å². The SMILES string of the molecule is C=CC[C@@]1(C(=O)NNCCCC)COC(c2ccc(OCCCO)cc2)=N1. The molecule has 27 heavy (non-hydrogen) atoms. The minimum Gasteiger partial charge on any atom is -0.494 e. The quantitative estimate of drug-likeness (QED) is 0.295. The van der Waals surface area contributed by atoms with E-state index in [1.807, 2.05) is 24.3 Å². The van der Waals surface area contributed by atoms with E-state index in [2.05, 4.69) is 29.3 Å². The second-order valence-corrected chi connectivity index (χ2v) is 6.41. The summed E-state index contributed by atoms with van der Waals surface area (Å²) in [5.74, 6) is 0.918. The topological polar surface area (TPSA) is 92.2 Å². The molecule has 0 unspecified atom stereocenters. The second-order valence-electron chi connectivity index (χ2n) is 6.41. The number of amides is 1. The molecular formula is C20H29N3O4. The van der Waals surface area contributed by atoms with Crippen LogP contribution in [-0.4, -0.2) is 48.8 Å². The van der Waals surface area contributed by atoms with Crippen LogP contribution in [0.2, 0.25) is 0 Å². The third-order valence-corrected chi connectivity index (χ3v) is 4.20. The molecule has 1 aromatic carbocycles. The van der Waals surface area contributed by atoms with Crippen LogP contribution in [0.4, 0.5) is 0 Å². The van der Waals surface area contributed by atoms with Crippen LogP contribution in [0.5, 0.6) is 5.75 Å². The maximum absolute atomic E-state index is 12.6. The van der Waals surface area contributed by atoms with Crippen molar-refractivity contribution in [3.63, 3.8) is 0 Å². The predicted octanol–water partition coefficient (Wildman–Crippen LogP) is 1.96. The number of hydrazine groups is 1. The van der Waals surface area contributed by atoms with Crippen molar-refractivity contribution in [2.45, 2.75) is 38.1 Å². The summed E-state index contributed by atoms with van der Waals surface area (Å²) in [6.07, 6.45) is 4.68. The van der Waals surface area contributed by atoms with Gasteiger partial charge in [-0.15, -0.1) is 6.58 Å². The van der Waals surface area contributed by atoms with Gasteiger partial charge in [0.25, 0.3) is 5.91 Å². The van der Waals surface area contributed by atoms with Crippen LogP contribution in [0.15, 0.2) is 41.9 Å². The highest BCUT2D eigenvalue weighted by Gasteiger charge is 2.43. The normalized spacial score (nSPS) is 18.5. The average Bonchev–Trinajstić information content (AvgIpc) is 3.12. The van der Waals surface area contributed by atoms with Gasteiger partial charge < -0.3 is 14.6 Å². The molecular weight excluding hydrogens is 346 g/mol. The third-order valence-electron chi connectivity index (χ3n) is 4.20. The summed E-state index contributed by atoms with van der Waals surface area (Å²) in [5.41, 5.74) is 5.44. The van der Waals surface area contributed by atoms with Crippen molar-refractivity contribution in [3.8, 4) is 5.75 Å². The molecule has 1 heterocycles. The minimum absolute atomic E-state index is 0.101. The van der Waals surface area contributed by atoms with E-state index in [1.165, 1.54) is 0 Å². The van der Waals surface area contributed by atoms with E-state index >= 15 is 0 Å². The second kappa shape index (κ2) is 10.7. The van der Waals surface area contributed by atoms with Crippen molar-refractivity contribution in [1.82, 2.24) is 10.9 Å². The molecule has 1 atom stereocenters. The summed E-state index contributed by atoms with van der Waals surface area (Å²) < 4.78 is 11.3. The Balaban J connectivity index is 2.05. The molecule has 1 amide bonds. The molecule has 0 radical (unpaired) electrons. The van der Waals surface area contributed by atoms with Crippen LogP contribution in [-0.2, 0) is 9.53 Å². The maximum atomic E-state index is 12.6. The number of aliphatic imine (C=N–C) groups is 1. The summed E-state index contributed by atoms with van der Waals surface area (Å²) in [7, 11) is 0. The highest BCUT2D eigenvalue weighted by molar-refractivity contribution is 6.00. The number of nitrogens with zero attached hydrogens (tertiary/aromatic N) is 1. The van der Waals surface area contributed by atoms with E-state index in [0.717, 1.165) is 18.4 Å². The van der Waals surface area contributed by atoms with Gasteiger partial charge in [-0.25, -0.2) is 10.4 Å². The number of rotatable bonds is 12. The van der Waals surface area contributed by atoms with Crippen LogP contribution in [0.25, 0.3) is 0 Å². The zero-order chi connectivity index (χ0) is 19.5. The Morgan fingerprint density at radius 2 is 2.19 bits per heavy atom. The number of carbonyl (C=O) groups excluding carboxylic acids is 1. The van der Waals surface area contributed by atoms with Crippen molar-refractivity contribution in [2.24, 2.45) is 4.99 Å². The van der Waals surface area contributed by atoms with E-state index in [1.54, 1.807) is 6.08 Å². The number of ether oxygens (including phenoxy) is 2. The van der Waals surface area contributed by atoms with Gasteiger partial charge in [-0.3, -0.25) is 10.2 Å². The summed E-state index contributed by atoms with van der Waals surface area (Å²) in [5, 5.41) is 8.79. The van der Waals surface area contributed by atoms with Crippen molar-refractivity contribution >= 4 is 11.8 Å². The summed E-state index contributed by atoms with van der Waals surface area (Å²) in [4.78, 5) is 17.2. The fraction of sp³-hybridized carbons (Fsp3) is 0.500. The lowest BCUT2D eigenvalue weighted by molar-refractivity contribution is -0.127. The Labute approximate surface area is 160 Å². The third kappa shape index (κ3) is 5.80. The van der Waals surface area contributed by atoms with Gasteiger partial charge in [-0.2, -0.15) is 0 Å². The molecule has 1 aromatic rings. The largest absolute Gasteiger partial charge is 0.494 e. The number of carbonyl (C=O) groups is 1. The molecule has 0 saturated heterocycles. The molecule has 1 aliphatic rings. The number of aliphatic hydroxyl groups is 1. The van der Waals surface area contributed by atoms with Crippen molar-refractivity contribution < 1.29 is 19.4 Å². The number of hydrogen-bond acceptors (Lipinski definition) is 6. The molecule has 0 spiro atoms.